The van der Waals surface area contributed by atoms with Crippen LogP contribution < -0.4 is 15.2 Å². The standard InChI is InChI=1S/C23H22BrN3O2/c1-26-21-7-3-2-6-19(21)22(20(15-25)23(26)28)27-13-4-5-17(12-14-27)29-18-10-8-16(24)9-11-18/h2-3,6-11,17H,4-5,12-14H2,1H3. The van der Waals surface area contributed by atoms with Crippen molar-refractivity contribution in [2.75, 3.05) is 18.0 Å². The van der Waals surface area contributed by atoms with Crippen LogP contribution in [0.1, 0.15) is 24.8 Å². The molecule has 5 nitrogen and oxygen atoms in total. The summed E-state index contributed by atoms with van der Waals surface area (Å²) in [5.41, 5.74) is 1.58. The molecule has 1 saturated heterocycles. The molecule has 0 N–H and O–H groups in total. The number of hydrogen-bond donors (Lipinski definition) is 0. The van der Waals surface area contributed by atoms with Crippen LogP contribution in [-0.4, -0.2) is 23.8 Å². The molecule has 4 rings (SSSR count). The van der Waals surface area contributed by atoms with Crippen LogP contribution in [0, 0.1) is 11.3 Å². The highest BCUT2D eigenvalue weighted by atomic mass is 79.9. The molecule has 0 amide bonds. The lowest BCUT2D eigenvalue weighted by Crippen LogP contribution is -2.30. The molecule has 3 aromatic rings. The first-order chi connectivity index (χ1) is 14.1. The summed E-state index contributed by atoms with van der Waals surface area (Å²) in [6.07, 6.45) is 2.83. The number of aromatic nitrogens is 1. The third-order valence-corrected chi connectivity index (χ3v) is 6.02. The predicted molar refractivity (Wildman–Crippen MR) is 119 cm³/mol. The van der Waals surface area contributed by atoms with Crippen molar-refractivity contribution in [1.82, 2.24) is 4.57 Å². The Hall–Kier alpha value is -2.78. The molecular formula is C23H22BrN3O2. The zero-order chi connectivity index (χ0) is 20.4. The molecule has 0 spiro atoms. The van der Waals surface area contributed by atoms with Crippen LogP contribution in [0.2, 0.25) is 0 Å². The van der Waals surface area contributed by atoms with Gasteiger partial charge in [0.15, 0.2) is 0 Å². The highest BCUT2D eigenvalue weighted by Gasteiger charge is 2.24. The minimum absolute atomic E-state index is 0.115. The molecule has 0 saturated carbocycles. The number of nitrogens with zero attached hydrogens (tertiary/aromatic N) is 3. The summed E-state index contributed by atoms with van der Waals surface area (Å²) < 4.78 is 8.77. The maximum absolute atomic E-state index is 12.8. The number of para-hydroxylation sites is 1. The number of aryl methyl sites for hydroxylation is 1. The van der Waals surface area contributed by atoms with Gasteiger partial charge in [-0.15, -0.1) is 0 Å². The quantitative estimate of drug-likeness (QED) is 0.583. The van der Waals surface area contributed by atoms with Crippen LogP contribution >= 0.6 is 15.9 Å². The first kappa shape index (κ1) is 19.5. The van der Waals surface area contributed by atoms with Gasteiger partial charge in [0.1, 0.15) is 23.5 Å². The molecule has 29 heavy (non-hydrogen) atoms. The largest absolute Gasteiger partial charge is 0.490 e. The van der Waals surface area contributed by atoms with Crippen LogP contribution in [0.25, 0.3) is 10.9 Å². The van der Waals surface area contributed by atoms with E-state index in [4.69, 9.17) is 4.74 Å². The van der Waals surface area contributed by atoms with Gasteiger partial charge in [0.25, 0.3) is 5.56 Å². The van der Waals surface area contributed by atoms with E-state index < -0.39 is 0 Å². The summed E-state index contributed by atoms with van der Waals surface area (Å²) in [4.78, 5) is 15.0. The SMILES string of the molecule is Cn1c(=O)c(C#N)c(N2CCCC(Oc3ccc(Br)cc3)CC2)c2ccccc21. The van der Waals surface area contributed by atoms with Gasteiger partial charge >= 0.3 is 0 Å². The molecule has 148 valence electrons. The van der Waals surface area contributed by atoms with Crippen molar-refractivity contribution in [2.24, 2.45) is 7.05 Å². The second-order valence-electron chi connectivity index (χ2n) is 7.33. The number of benzene rings is 2. The second-order valence-corrected chi connectivity index (χ2v) is 8.24. The Kier molecular flexibility index (Phi) is 5.59. The molecule has 1 atom stereocenters. The Bertz CT molecular complexity index is 1130. The molecule has 0 aliphatic carbocycles. The van der Waals surface area contributed by atoms with Gasteiger partial charge in [0, 0.05) is 36.4 Å². The summed E-state index contributed by atoms with van der Waals surface area (Å²) in [6.45, 7) is 1.54. The molecule has 1 aliphatic rings. The number of rotatable bonds is 3. The Labute approximate surface area is 178 Å². The van der Waals surface area contributed by atoms with Crippen LogP contribution in [0.5, 0.6) is 5.75 Å². The van der Waals surface area contributed by atoms with Crippen molar-refractivity contribution < 1.29 is 4.74 Å². The number of ether oxygens (including phenoxy) is 1. The van der Waals surface area contributed by atoms with E-state index in [1.165, 1.54) is 0 Å². The monoisotopic (exact) mass is 451 g/mol. The Morgan fingerprint density at radius 3 is 2.62 bits per heavy atom. The fraction of sp³-hybridized carbons (Fsp3) is 0.304. The van der Waals surface area contributed by atoms with Crippen LogP contribution in [0.3, 0.4) is 0 Å². The summed E-state index contributed by atoms with van der Waals surface area (Å²) in [5.74, 6) is 0.864. The van der Waals surface area contributed by atoms with Gasteiger partial charge in [-0.1, -0.05) is 34.1 Å². The molecule has 1 aliphatic heterocycles. The Morgan fingerprint density at radius 2 is 1.86 bits per heavy atom. The van der Waals surface area contributed by atoms with Gasteiger partial charge in [0.2, 0.25) is 0 Å². The van der Waals surface area contributed by atoms with Crippen molar-refractivity contribution >= 4 is 32.5 Å². The molecule has 1 unspecified atom stereocenters. The van der Waals surface area contributed by atoms with Crippen molar-refractivity contribution in [2.45, 2.75) is 25.4 Å². The van der Waals surface area contributed by atoms with E-state index in [0.717, 1.165) is 59.2 Å². The van der Waals surface area contributed by atoms with Crippen LogP contribution in [0.4, 0.5) is 5.69 Å². The van der Waals surface area contributed by atoms with Gasteiger partial charge < -0.3 is 14.2 Å². The van der Waals surface area contributed by atoms with E-state index in [0.29, 0.717) is 0 Å². The molecule has 0 radical (unpaired) electrons. The summed E-state index contributed by atoms with van der Waals surface area (Å²) >= 11 is 3.45. The number of anilines is 1. The maximum Gasteiger partial charge on any atom is 0.270 e. The van der Waals surface area contributed by atoms with Crippen molar-refractivity contribution in [1.29, 1.82) is 5.26 Å². The molecule has 2 aromatic carbocycles. The lowest BCUT2D eigenvalue weighted by atomic mass is 10.1. The topological polar surface area (TPSA) is 58.3 Å². The van der Waals surface area contributed by atoms with Crippen molar-refractivity contribution in [3.05, 3.63) is 68.9 Å². The van der Waals surface area contributed by atoms with Gasteiger partial charge in [0.05, 0.1) is 11.2 Å². The first-order valence-corrected chi connectivity index (χ1v) is 10.6. The highest BCUT2D eigenvalue weighted by molar-refractivity contribution is 9.10. The average molecular weight is 452 g/mol. The number of fused-ring (bicyclic) bond motifs is 1. The van der Waals surface area contributed by atoms with E-state index in [1.54, 1.807) is 11.6 Å². The molecule has 1 fully saturated rings. The number of nitriles is 1. The predicted octanol–water partition coefficient (Wildman–Crippen LogP) is 4.61. The maximum atomic E-state index is 12.8. The number of pyridine rings is 1. The van der Waals surface area contributed by atoms with E-state index in [2.05, 4.69) is 26.9 Å². The Morgan fingerprint density at radius 1 is 1.10 bits per heavy atom. The van der Waals surface area contributed by atoms with Crippen LogP contribution in [-0.2, 0) is 7.05 Å². The fourth-order valence-electron chi connectivity index (χ4n) is 4.02. The van der Waals surface area contributed by atoms with E-state index in [-0.39, 0.29) is 17.2 Å². The smallest absolute Gasteiger partial charge is 0.270 e. The van der Waals surface area contributed by atoms with E-state index in [1.807, 2.05) is 48.5 Å². The van der Waals surface area contributed by atoms with Crippen LogP contribution in [0.15, 0.2) is 57.8 Å². The minimum Gasteiger partial charge on any atom is -0.490 e. The second kappa shape index (κ2) is 8.30. The van der Waals surface area contributed by atoms with E-state index in [9.17, 15) is 10.1 Å². The van der Waals surface area contributed by atoms with Gasteiger partial charge in [-0.25, -0.2) is 0 Å². The molecule has 6 heteroatoms. The Balaban J connectivity index is 1.64. The summed E-state index contributed by atoms with van der Waals surface area (Å²) in [5, 5.41) is 10.7. The van der Waals surface area contributed by atoms with Crippen molar-refractivity contribution in [3.63, 3.8) is 0 Å². The molecule has 2 heterocycles. The van der Waals surface area contributed by atoms with Gasteiger partial charge in [-0.05, 0) is 43.2 Å². The third kappa shape index (κ3) is 3.88. The van der Waals surface area contributed by atoms with Gasteiger partial charge in [-0.3, -0.25) is 4.79 Å². The zero-order valence-electron chi connectivity index (χ0n) is 16.3. The lowest BCUT2D eigenvalue weighted by Gasteiger charge is -2.26. The first-order valence-electron chi connectivity index (χ1n) is 9.77. The molecule has 1 aromatic heterocycles. The zero-order valence-corrected chi connectivity index (χ0v) is 17.9. The number of hydrogen-bond acceptors (Lipinski definition) is 4. The van der Waals surface area contributed by atoms with Gasteiger partial charge in [-0.2, -0.15) is 5.26 Å². The van der Waals surface area contributed by atoms with E-state index >= 15 is 0 Å². The highest BCUT2D eigenvalue weighted by Crippen LogP contribution is 2.31. The average Bonchev–Trinajstić information content (AvgIpc) is 2.97. The molecule has 0 bridgehead atoms. The minimum atomic E-state index is -0.242. The third-order valence-electron chi connectivity index (χ3n) is 5.50. The summed E-state index contributed by atoms with van der Waals surface area (Å²) in [6, 6.07) is 17.8. The normalized spacial score (nSPS) is 17.0. The summed E-state index contributed by atoms with van der Waals surface area (Å²) in [7, 11) is 1.72. The fourth-order valence-corrected chi connectivity index (χ4v) is 4.29. The lowest BCUT2D eigenvalue weighted by molar-refractivity contribution is 0.188. The molecular weight excluding hydrogens is 430 g/mol. The number of halogens is 1. The van der Waals surface area contributed by atoms with Crippen molar-refractivity contribution in [3.8, 4) is 11.8 Å².